The summed E-state index contributed by atoms with van der Waals surface area (Å²) in [5.74, 6) is 0. The third-order valence-electron chi connectivity index (χ3n) is 2.52. The van der Waals surface area contributed by atoms with E-state index >= 15 is 0 Å². The molecule has 0 amide bonds. The van der Waals surface area contributed by atoms with Crippen molar-refractivity contribution in [1.29, 1.82) is 5.26 Å². The summed E-state index contributed by atoms with van der Waals surface area (Å²) in [6.07, 6.45) is 1.39. The van der Waals surface area contributed by atoms with Crippen LogP contribution in [0.15, 0.2) is 12.3 Å². The molecule has 13 heavy (non-hydrogen) atoms. The first-order valence-corrected chi connectivity index (χ1v) is 4.58. The lowest BCUT2D eigenvalue weighted by atomic mass is 9.99. The van der Waals surface area contributed by atoms with Crippen LogP contribution in [-0.2, 0) is 0 Å². The third-order valence-corrected chi connectivity index (χ3v) is 2.52. The molecule has 1 fully saturated rings. The first kappa shape index (κ1) is 10.0. The highest BCUT2D eigenvalue weighted by atomic mass is 19.1. The van der Waals surface area contributed by atoms with Gasteiger partial charge in [0, 0.05) is 25.2 Å². The normalized spacial score (nSPS) is 29.2. The van der Waals surface area contributed by atoms with Gasteiger partial charge in [-0.3, -0.25) is 0 Å². The summed E-state index contributed by atoms with van der Waals surface area (Å²) >= 11 is 0. The highest BCUT2D eigenvalue weighted by molar-refractivity contribution is 5.04. The monoisotopic (exact) mass is 182 g/mol. The van der Waals surface area contributed by atoms with E-state index in [1.165, 1.54) is 0 Å². The van der Waals surface area contributed by atoms with Gasteiger partial charge < -0.3 is 4.90 Å². The van der Waals surface area contributed by atoms with Crippen LogP contribution in [0.3, 0.4) is 0 Å². The average molecular weight is 182 g/mol. The molecule has 2 nitrogen and oxygen atoms in total. The molecule has 1 unspecified atom stereocenters. The summed E-state index contributed by atoms with van der Waals surface area (Å²) in [4.78, 5) is 2.04. The topological polar surface area (TPSA) is 27.0 Å². The van der Waals surface area contributed by atoms with E-state index in [4.69, 9.17) is 5.26 Å². The van der Waals surface area contributed by atoms with Crippen LogP contribution in [0, 0.1) is 11.3 Å². The van der Waals surface area contributed by atoms with E-state index in [9.17, 15) is 4.39 Å². The molecule has 0 bridgehead atoms. The molecule has 0 aliphatic carbocycles. The Morgan fingerprint density at radius 1 is 1.54 bits per heavy atom. The smallest absolute Gasteiger partial charge is 0.198 e. The van der Waals surface area contributed by atoms with Gasteiger partial charge in [0.25, 0.3) is 0 Å². The minimum Gasteiger partial charge on any atom is -0.375 e. The molecule has 0 aromatic rings. The van der Waals surface area contributed by atoms with Gasteiger partial charge in [0.15, 0.2) is 5.67 Å². The van der Waals surface area contributed by atoms with Crippen LogP contribution in [0.2, 0.25) is 0 Å². The second-order valence-corrected chi connectivity index (χ2v) is 3.65. The van der Waals surface area contributed by atoms with E-state index in [0.29, 0.717) is 19.4 Å². The summed E-state index contributed by atoms with van der Waals surface area (Å²) in [5, 5.41) is 8.63. The van der Waals surface area contributed by atoms with Gasteiger partial charge in [-0.05, 0) is 19.8 Å². The molecular formula is C10H15FN2. The van der Waals surface area contributed by atoms with Crippen LogP contribution in [0.25, 0.3) is 0 Å². The number of likely N-dealkylation sites (tertiary alicyclic amines) is 1. The van der Waals surface area contributed by atoms with Crippen molar-refractivity contribution in [3.05, 3.63) is 12.3 Å². The van der Waals surface area contributed by atoms with E-state index in [-0.39, 0.29) is 0 Å². The summed E-state index contributed by atoms with van der Waals surface area (Å²) in [7, 11) is 0. The average Bonchev–Trinajstić information content (AvgIpc) is 2.28. The van der Waals surface area contributed by atoms with Gasteiger partial charge in [0.2, 0.25) is 0 Å². The standard InChI is InChI=1S/C10H15FN2/c1-9(2)13-6-3-4-10(11,8-12)5-7-13/h1,3-7H2,2H3. The Morgan fingerprint density at radius 2 is 2.23 bits per heavy atom. The van der Waals surface area contributed by atoms with Gasteiger partial charge in [-0.15, -0.1) is 0 Å². The number of nitriles is 1. The number of nitrogens with zero attached hydrogens (tertiary/aromatic N) is 2. The van der Waals surface area contributed by atoms with E-state index in [1.54, 1.807) is 6.07 Å². The minimum absolute atomic E-state index is 0.302. The number of hydrogen-bond donors (Lipinski definition) is 0. The number of rotatable bonds is 1. The van der Waals surface area contributed by atoms with Crippen LogP contribution in [0.5, 0.6) is 0 Å². The lowest BCUT2D eigenvalue weighted by molar-refractivity contribution is 0.211. The maximum Gasteiger partial charge on any atom is 0.198 e. The molecule has 0 N–H and O–H groups in total. The van der Waals surface area contributed by atoms with E-state index < -0.39 is 5.67 Å². The molecular weight excluding hydrogens is 167 g/mol. The first-order valence-electron chi connectivity index (χ1n) is 4.58. The van der Waals surface area contributed by atoms with Crippen molar-refractivity contribution in [2.24, 2.45) is 0 Å². The molecule has 1 atom stereocenters. The third kappa shape index (κ3) is 2.45. The molecule has 0 radical (unpaired) electrons. The van der Waals surface area contributed by atoms with Crippen molar-refractivity contribution in [1.82, 2.24) is 4.90 Å². The lowest BCUT2D eigenvalue weighted by Crippen LogP contribution is -2.25. The van der Waals surface area contributed by atoms with Crippen LogP contribution in [0.1, 0.15) is 26.2 Å². The molecule has 1 saturated heterocycles. The van der Waals surface area contributed by atoms with Gasteiger partial charge in [-0.1, -0.05) is 6.58 Å². The second kappa shape index (κ2) is 3.78. The first-order chi connectivity index (χ1) is 6.07. The highest BCUT2D eigenvalue weighted by Crippen LogP contribution is 2.26. The molecule has 1 aliphatic heterocycles. The fourth-order valence-corrected chi connectivity index (χ4v) is 1.59. The van der Waals surface area contributed by atoms with Gasteiger partial charge >= 0.3 is 0 Å². The summed E-state index contributed by atoms with van der Waals surface area (Å²) in [6.45, 7) is 7.16. The van der Waals surface area contributed by atoms with Crippen molar-refractivity contribution < 1.29 is 4.39 Å². The molecule has 0 spiro atoms. The Bertz CT molecular complexity index is 244. The molecule has 1 aliphatic rings. The quantitative estimate of drug-likeness (QED) is 0.621. The molecule has 0 saturated carbocycles. The van der Waals surface area contributed by atoms with Gasteiger partial charge in [-0.25, -0.2) is 4.39 Å². The maximum absolute atomic E-state index is 13.6. The van der Waals surface area contributed by atoms with E-state index in [0.717, 1.165) is 18.7 Å². The van der Waals surface area contributed by atoms with Crippen molar-refractivity contribution in [3.63, 3.8) is 0 Å². The minimum atomic E-state index is -1.61. The molecule has 3 heteroatoms. The predicted octanol–water partition coefficient (Wildman–Crippen LogP) is 2.24. The van der Waals surface area contributed by atoms with Gasteiger partial charge in [0.05, 0.1) is 0 Å². The summed E-state index contributed by atoms with van der Waals surface area (Å²) in [6, 6.07) is 1.76. The molecule has 0 aromatic carbocycles. The zero-order valence-corrected chi connectivity index (χ0v) is 8.02. The summed E-state index contributed by atoms with van der Waals surface area (Å²) in [5.41, 5.74) is -0.647. The van der Waals surface area contributed by atoms with Crippen LogP contribution in [-0.4, -0.2) is 23.7 Å². The molecule has 1 heterocycles. The Hall–Kier alpha value is -1.04. The Morgan fingerprint density at radius 3 is 2.77 bits per heavy atom. The number of hydrogen-bond acceptors (Lipinski definition) is 2. The van der Waals surface area contributed by atoms with Crippen molar-refractivity contribution in [2.75, 3.05) is 13.1 Å². The predicted molar refractivity (Wildman–Crippen MR) is 49.7 cm³/mol. The summed E-state index contributed by atoms with van der Waals surface area (Å²) < 4.78 is 13.6. The van der Waals surface area contributed by atoms with Gasteiger partial charge in [0.1, 0.15) is 6.07 Å². The lowest BCUT2D eigenvalue weighted by Gasteiger charge is -2.22. The zero-order valence-electron chi connectivity index (χ0n) is 8.02. The van der Waals surface area contributed by atoms with Crippen molar-refractivity contribution >= 4 is 0 Å². The zero-order chi connectivity index (χ0) is 9.90. The highest BCUT2D eigenvalue weighted by Gasteiger charge is 2.31. The van der Waals surface area contributed by atoms with E-state index in [1.807, 2.05) is 11.8 Å². The Kier molecular flexibility index (Phi) is 2.92. The largest absolute Gasteiger partial charge is 0.375 e. The molecule has 0 aromatic heterocycles. The molecule has 1 rings (SSSR count). The second-order valence-electron chi connectivity index (χ2n) is 3.65. The van der Waals surface area contributed by atoms with Crippen molar-refractivity contribution in [3.8, 4) is 6.07 Å². The number of halogens is 1. The van der Waals surface area contributed by atoms with Gasteiger partial charge in [-0.2, -0.15) is 5.26 Å². The fraction of sp³-hybridized carbons (Fsp3) is 0.700. The van der Waals surface area contributed by atoms with Crippen molar-refractivity contribution in [2.45, 2.75) is 31.9 Å². The van der Waals surface area contributed by atoms with Crippen LogP contribution >= 0.6 is 0 Å². The SMILES string of the molecule is C=C(C)N1CCCC(F)(C#N)CC1. The Labute approximate surface area is 78.6 Å². The van der Waals surface area contributed by atoms with Crippen LogP contribution < -0.4 is 0 Å². The fourth-order valence-electron chi connectivity index (χ4n) is 1.59. The number of alkyl halides is 1. The molecule has 72 valence electrons. The van der Waals surface area contributed by atoms with Crippen LogP contribution in [0.4, 0.5) is 4.39 Å². The van der Waals surface area contributed by atoms with E-state index in [2.05, 4.69) is 6.58 Å². The Balaban J connectivity index is 2.60. The maximum atomic E-state index is 13.6. The number of allylic oxidation sites excluding steroid dienone is 1.